The summed E-state index contributed by atoms with van der Waals surface area (Å²) in [5.74, 6) is -0.628. The molecule has 0 aliphatic carbocycles. The molecule has 0 aromatic carbocycles. The van der Waals surface area contributed by atoms with Gasteiger partial charge in [0.05, 0.1) is 25.4 Å². The molecule has 1 aliphatic heterocycles. The maximum Gasteiger partial charge on any atom is 0.249 e. The molecule has 1 aliphatic rings. The average Bonchev–Trinajstić information content (AvgIpc) is 3.33. The van der Waals surface area contributed by atoms with Gasteiger partial charge in [-0.15, -0.1) is 0 Å². The van der Waals surface area contributed by atoms with E-state index in [1.165, 1.54) is 180 Å². The van der Waals surface area contributed by atoms with Crippen molar-refractivity contribution in [2.45, 2.75) is 307 Å². The van der Waals surface area contributed by atoms with Crippen LogP contribution in [-0.4, -0.2) is 98.7 Å². The maximum atomic E-state index is 13.1. The highest BCUT2D eigenvalue weighted by atomic mass is 16.7. The number of amides is 1. The summed E-state index contributed by atoms with van der Waals surface area (Å²) in [6, 6.07) is -1.00. The summed E-state index contributed by atoms with van der Waals surface area (Å²) < 4.78 is 11.1. The Balaban J connectivity index is 2.17. The SMILES string of the molecule is CCCC/C=C/CC/C=C/CC/C=C/C(O)C(COC1OC(CO)C(O)C(O)C1O)NC(=O)C(O)CCCCCCCCCCCCCCCCCCCCCCCCCCCCCCCC. The van der Waals surface area contributed by atoms with Crippen LogP contribution in [0.15, 0.2) is 36.5 Å². The zero-order valence-electron chi connectivity index (χ0n) is 43.3. The van der Waals surface area contributed by atoms with Gasteiger partial charge < -0.3 is 45.4 Å². The Hall–Kier alpha value is -1.63. The third-order valence-electron chi connectivity index (χ3n) is 13.6. The lowest BCUT2D eigenvalue weighted by molar-refractivity contribution is -0.302. The third-order valence-corrected chi connectivity index (χ3v) is 13.6. The normalized spacial score (nSPS) is 20.4. The fourth-order valence-corrected chi connectivity index (χ4v) is 8.95. The lowest BCUT2D eigenvalue weighted by Crippen LogP contribution is -2.60. The van der Waals surface area contributed by atoms with Crippen LogP contribution in [0.5, 0.6) is 0 Å². The molecule has 8 atom stereocenters. The second-order valence-electron chi connectivity index (χ2n) is 19.9. The molecule has 7 N–H and O–H groups in total. The van der Waals surface area contributed by atoms with Crippen molar-refractivity contribution in [2.24, 2.45) is 0 Å². The van der Waals surface area contributed by atoms with Crippen molar-refractivity contribution in [2.75, 3.05) is 13.2 Å². The van der Waals surface area contributed by atoms with Crippen molar-refractivity contribution >= 4 is 5.91 Å². The minimum absolute atomic E-state index is 0.304. The Bertz CT molecular complexity index is 1160. The maximum absolute atomic E-state index is 13.1. The van der Waals surface area contributed by atoms with Crippen molar-refractivity contribution in [3.05, 3.63) is 36.5 Å². The number of allylic oxidation sites excluding steroid dienone is 5. The molecule has 1 heterocycles. The Morgan fingerprint density at radius 1 is 0.507 bits per heavy atom. The number of nitrogens with one attached hydrogen (secondary N) is 1. The number of hydrogen-bond acceptors (Lipinski definition) is 9. The van der Waals surface area contributed by atoms with Crippen LogP contribution in [0, 0.1) is 0 Å². The first-order valence-electron chi connectivity index (χ1n) is 28.3. The van der Waals surface area contributed by atoms with E-state index in [1.54, 1.807) is 6.08 Å². The van der Waals surface area contributed by atoms with Crippen LogP contribution < -0.4 is 5.32 Å². The van der Waals surface area contributed by atoms with Gasteiger partial charge in [-0.25, -0.2) is 0 Å². The molecule has 0 saturated carbocycles. The summed E-state index contributed by atoms with van der Waals surface area (Å²) in [6.45, 7) is 3.56. The van der Waals surface area contributed by atoms with Crippen LogP contribution in [0.1, 0.15) is 258 Å². The average molecular weight is 950 g/mol. The number of carbonyl (C=O) groups excluding carboxylic acids is 1. The van der Waals surface area contributed by atoms with E-state index in [0.717, 1.165) is 44.9 Å². The number of aliphatic hydroxyl groups is 6. The van der Waals surface area contributed by atoms with Crippen molar-refractivity contribution in [3.8, 4) is 0 Å². The Labute approximate surface area is 411 Å². The van der Waals surface area contributed by atoms with Gasteiger partial charge >= 0.3 is 0 Å². The zero-order valence-corrected chi connectivity index (χ0v) is 43.3. The van der Waals surface area contributed by atoms with E-state index in [2.05, 4.69) is 43.5 Å². The molecule has 8 unspecified atom stereocenters. The first-order chi connectivity index (χ1) is 32.8. The van der Waals surface area contributed by atoms with Gasteiger partial charge in [-0.1, -0.05) is 256 Å². The number of carbonyl (C=O) groups is 1. The van der Waals surface area contributed by atoms with Crippen LogP contribution in [0.3, 0.4) is 0 Å². The Morgan fingerprint density at radius 2 is 0.881 bits per heavy atom. The summed E-state index contributed by atoms with van der Waals surface area (Å²) in [5, 5.41) is 64.8. The van der Waals surface area contributed by atoms with Gasteiger partial charge in [0.15, 0.2) is 6.29 Å². The molecule has 0 aromatic rings. The molecule has 394 valence electrons. The van der Waals surface area contributed by atoms with Crippen molar-refractivity contribution in [1.82, 2.24) is 5.32 Å². The summed E-state index contributed by atoms with van der Waals surface area (Å²) in [5.41, 5.74) is 0. The van der Waals surface area contributed by atoms with Crippen LogP contribution in [-0.2, 0) is 14.3 Å². The second kappa shape index (κ2) is 46.7. The Kier molecular flexibility index (Phi) is 44.2. The summed E-state index contributed by atoms with van der Waals surface area (Å²) in [7, 11) is 0. The van der Waals surface area contributed by atoms with E-state index >= 15 is 0 Å². The molecule has 1 rings (SSSR count). The molecule has 0 aromatic heterocycles. The standard InChI is InChI=1S/C57H107NO9/c1-3-5-7-9-11-13-15-17-18-19-20-21-22-23-24-25-26-27-28-29-30-31-32-33-34-36-38-40-42-44-46-51(61)56(65)58-49(48-66-57-55(64)54(63)53(62)52(47-59)67-57)50(60)45-43-41-39-37-35-16-14-12-10-8-6-4-2/h10,12,35,37,43,45,49-55,57,59-64H,3-9,11,13-34,36,38-42,44,46-48H2,1-2H3,(H,58,65)/b12-10+,37-35+,45-43+. The lowest BCUT2D eigenvalue weighted by Gasteiger charge is -2.40. The summed E-state index contributed by atoms with van der Waals surface area (Å²) in [4.78, 5) is 13.1. The van der Waals surface area contributed by atoms with Gasteiger partial charge in [0.1, 0.15) is 30.5 Å². The monoisotopic (exact) mass is 950 g/mol. The fourth-order valence-electron chi connectivity index (χ4n) is 8.95. The first-order valence-corrected chi connectivity index (χ1v) is 28.3. The summed E-state index contributed by atoms with van der Waals surface area (Å²) in [6.07, 6.45) is 49.9. The zero-order chi connectivity index (χ0) is 48.8. The minimum Gasteiger partial charge on any atom is -0.394 e. The topological polar surface area (TPSA) is 169 Å². The highest BCUT2D eigenvalue weighted by Crippen LogP contribution is 2.23. The van der Waals surface area contributed by atoms with Crippen LogP contribution >= 0.6 is 0 Å². The molecule has 67 heavy (non-hydrogen) atoms. The second-order valence-corrected chi connectivity index (χ2v) is 19.9. The molecule has 0 radical (unpaired) electrons. The molecule has 1 amide bonds. The van der Waals surface area contributed by atoms with E-state index in [-0.39, 0.29) is 6.61 Å². The highest BCUT2D eigenvalue weighted by molar-refractivity contribution is 5.80. The quantitative estimate of drug-likeness (QED) is 0.0232. The van der Waals surface area contributed by atoms with E-state index < -0.39 is 61.5 Å². The van der Waals surface area contributed by atoms with Crippen LogP contribution in [0.4, 0.5) is 0 Å². The van der Waals surface area contributed by atoms with Gasteiger partial charge in [-0.3, -0.25) is 4.79 Å². The smallest absolute Gasteiger partial charge is 0.249 e. The molecule has 10 nitrogen and oxygen atoms in total. The predicted octanol–water partition coefficient (Wildman–Crippen LogP) is 12.5. The van der Waals surface area contributed by atoms with Crippen molar-refractivity contribution in [3.63, 3.8) is 0 Å². The molecular formula is C57H107NO9. The van der Waals surface area contributed by atoms with Gasteiger partial charge in [0, 0.05) is 0 Å². The molecule has 1 saturated heterocycles. The first kappa shape index (κ1) is 63.4. The highest BCUT2D eigenvalue weighted by Gasteiger charge is 2.44. The Morgan fingerprint density at radius 3 is 1.28 bits per heavy atom. The van der Waals surface area contributed by atoms with Gasteiger partial charge in [0.25, 0.3) is 0 Å². The number of ether oxygens (including phenoxy) is 2. The van der Waals surface area contributed by atoms with Crippen molar-refractivity contribution < 1.29 is 44.9 Å². The number of unbranched alkanes of at least 4 members (excludes halogenated alkanes) is 33. The van der Waals surface area contributed by atoms with E-state index in [1.807, 2.05) is 6.08 Å². The van der Waals surface area contributed by atoms with Gasteiger partial charge in [0.2, 0.25) is 5.91 Å². The molecule has 1 fully saturated rings. The number of rotatable bonds is 48. The molecule has 0 bridgehead atoms. The molecule has 10 heteroatoms. The van der Waals surface area contributed by atoms with E-state index in [0.29, 0.717) is 19.3 Å². The lowest BCUT2D eigenvalue weighted by atomic mass is 9.99. The predicted molar refractivity (Wildman–Crippen MR) is 278 cm³/mol. The van der Waals surface area contributed by atoms with E-state index in [4.69, 9.17) is 9.47 Å². The molecule has 0 spiro atoms. The minimum atomic E-state index is -1.62. The largest absolute Gasteiger partial charge is 0.394 e. The summed E-state index contributed by atoms with van der Waals surface area (Å²) >= 11 is 0. The number of hydrogen-bond donors (Lipinski definition) is 7. The third kappa shape index (κ3) is 36.0. The van der Waals surface area contributed by atoms with Gasteiger partial charge in [-0.2, -0.15) is 0 Å². The van der Waals surface area contributed by atoms with E-state index in [9.17, 15) is 35.4 Å². The van der Waals surface area contributed by atoms with Crippen LogP contribution in [0.25, 0.3) is 0 Å². The fraction of sp³-hybridized carbons (Fsp3) is 0.877. The number of aliphatic hydroxyl groups excluding tert-OH is 6. The van der Waals surface area contributed by atoms with Crippen LogP contribution in [0.2, 0.25) is 0 Å². The molecular weight excluding hydrogens is 843 g/mol. The van der Waals surface area contributed by atoms with Gasteiger partial charge in [-0.05, 0) is 38.5 Å². The van der Waals surface area contributed by atoms with Crippen molar-refractivity contribution in [1.29, 1.82) is 0 Å².